The van der Waals surface area contributed by atoms with Crippen molar-refractivity contribution in [3.63, 3.8) is 0 Å². The van der Waals surface area contributed by atoms with Crippen LogP contribution in [0.25, 0.3) is 0 Å². The lowest BCUT2D eigenvalue weighted by Gasteiger charge is -2.30. The first kappa shape index (κ1) is 10.9. The van der Waals surface area contributed by atoms with E-state index >= 15 is 0 Å². The highest BCUT2D eigenvalue weighted by Gasteiger charge is 2.29. The van der Waals surface area contributed by atoms with Crippen molar-refractivity contribution in [1.82, 2.24) is 4.31 Å². The van der Waals surface area contributed by atoms with Crippen LogP contribution in [0.3, 0.4) is 0 Å². The Morgan fingerprint density at radius 2 is 2.08 bits per heavy atom. The summed E-state index contributed by atoms with van der Waals surface area (Å²) in [6.45, 7) is 4.14. The van der Waals surface area contributed by atoms with Gasteiger partial charge in [-0.1, -0.05) is 0 Å². The van der Waals surface area contributed by atoms with Crippen LogP contribution < -0.4 is 0 Å². The number of sulfonamides is 1. The fraction of sp³-hybridized carbons (Fsp3) is 1.00. The van der Waals surface area contributed by atoms with Gasteiger partial charge in [-0.05, 0) is 26.7 Å². The molecule has 1 aliphatic rings. The first-order valence-electron chi connectivity index (χ1n) is 4.61. The second kappa shape index (κ2) is 3.94. The Balaban J connectivity index is 2.71. The van der Waals surface area contributed by atoms with Crippen LogP contribution in [0.15, 0.2) is 0 Å². The fourth-order valence-electron chi connectivity index (χ4n) is 1.45. The van der Waals surface area contributed by atoms with Crippen LogP contribution in [-0.2, 0) is 10.0 Å². The molecule has 1 fully saturated rings. The Morgan fingerprint density at radius 3 is 2.54 bits per heavy atom. The first-order chi connectivity index (χ1) is 5.94. The van der Waals surface area contributed by atoms with Crippen LogP contribution >= 0.6 is 0 Å². The second-order valence-corrected chi connectivity index (χ2v) is 6.24. The summed E-state index contributed by atoms with van der Waals surface area (Å²) in [4.78, 5) is 0. The van der Waals surface area contributed by atoms with Crippen molar-refractivity contribution in [2.45, 2.75) is 38.0 Å². The van der Waals surface area contributed by atoms with E-state index in [1.165, 1.54) is 4.31 Å². The number of piperidine rings is 1. The summed E-state index contributed by atoms with van der Waals surface area (Å²) in [5.41, 5.74) is 0. The smallest absolute Gasteiger partial charge is 0.216 e. The molecular formula is C8H17NO3S. The Labute approximate surface area is 79.6 Å². The number of hydrogen-bond acceptors (Lipinski definition) is 3. The Bertz CT molecular complexity index is 261. The number of β-amino-alcohol motifs (C(OH)–C–C–N with tert-alkyl or cyclic N) is 1. The van der Waals surface area contributed by atoms with Crippen molar-refractivity contribution in [2.24, 2.45) is 0 Å². The molecule has 1 aliphatic heterocycles. The maximum Gasteiger partial charge on any atom is 0.216 e. The predicted molar refractivity (Wildman–Crippen MR) is 50.9 cm³/mol. The number of aliphatic hydroxyl groups is 1. The molecule has 0 unspecified atom stereocenters. The molecule has 1 heterocycles. The molecule has 0 amide bonds. The van der Waals surface area contributed by atoms with Crippen molar-refractivity contribution in [2.75, 3.05) is 13.1 Å². The molecule has 5 heteroatoms. The summed E-state index contributed by atoms with van der Waals surface area (Å²) >= 11 is 0. The van der Waals surface area contributed by atoms with Crippen molar-refractivity contribution in [3.05, 3.63) is 0 Å². The number of hydrogen-bond donors (Lipinski definition) is 1. The van der Waals surface area contributed by atoms with E-state index in [1.54, 1.807) is 13.8 Å². The van der Waals surface area contributed by atoms with E-state index in [2.05, 4.69) is 0 Å². The molecule has 1 N–H and O–H groups in total. The van der Waals surface area contributed by atoms with Crippen LogP contribution in [-0.4, -0.2) is 42.3 Å². The van der Waals surface area contributed by atoms with Gasteiger partial charge in [-0.15, -0.1) is 0 Å². The van der Waals surface area contributed by atoms with Gasteiger partial charge in [-0.3, -0.25) is 0 Å². The number of nitrogens with zero attached hydrogens (tertiary/aromatic N) is 1. The van der Waals surface area contributed by atoms with E-state index in [9.17, 15) is 13.5 Å². The third-order valence-electron chi connectivity index (χ3n) is 2.31. The average Bonchev–Trinajstić information content (AvgIpc) is 2.04. The van der Waals surface area contributed by atoms with Gasteiger partial charge in [-0.2, -0.15) is 4.31 Å². The third-order valence-corrected chi connectivity index (χ3v) is 4.56. The molecule has 0 radical (unpaired) electrons. The van der Waals surface area contributed by atoms with Crippen molar-refractivity contribution < 1.29 is 13.5 Å². The standard InChI is InChI=1S/C8H17NO3S/c1-7(2)13(11,12)9-5-3-4-8(10)6-9/h7-8,10H,3-6H2,1-2H3/t8-/m0/s1. The molecule has 0 aliphatic carbocycles. The molecule has 0 saturated carbocycles. The Hall–Kier alpha value is -0.130. The zero-order chi connectivity index (χ0) is 10.1. The van der Waals surface area contributed by atoms with Gasteiger partial charge in [0, 0.05) is 13.1 Å². The zero-order valence-electron chi connectivity index (χ0n) is 8.10. The van der Waals surface area contributed by atoms with Crippen LogP contribution in [0.5, 0.6) is 0 Å². The van der Waals surface area contributed by atoms with Gasteiger partial charge in [0.2, 0.25) is 10.0 Å². The minimum absolute atomic E-state index is 0.264. The molecule has 1 atom stereocenters. The minimum Gasteiger partial charge on any atom is -0.392 e. The van der Waals surface area contributed by atoms with Gasteiger partial charge in [0.05, 0.1) is 11.4 Å². The van der Waals surface area contributed by atoms with Gasteiger partial charge in [0.25, 0.3) is 0 Å². The Kier molecular flexibility index (Phi) is 3.32. The topological polar surface area (TPSA) is 57.6 Å². The molecule has 1 saturated heterocycles. The lowest BCUT2D eigenvalue weighted by Crippen LogP contribution is -2.44. The lowest BCUT2D eigenvalue weighted by molar-refractivity contribution is 0.107. The van der Waals surface area contributed by atoms with Crippen molar-refractivity contribution >= 4 is 10.0 Å². The molecule has 0 aromatic heterocycles. The summed E-state index contributed by atoms with van der Waals surface area (Å²) in [5.74, 6) is 0. The van der Waals surface area contributed by atoms with E-state index in [-0.39, 0.29) is 6.54 Å². The molecule has 4 nitrogen and oxygen atoms in total. The largest absolute Gasteiger partial charge is 0.392 e. The third kappa shape index (κ3) is 2.42. The minimum atomic E-state index is -3.16. The van der Waals surface area contributed by atoms with Crippen LogP contribution in [0.1, 0.15) is 26.7 Å². The summed E-state index contributed by atoms with van der Waals surface area (Å²) in [7, 11) is -3.16. The van der Waals surface area contributed by atoms with Gasteiger partial charge in [0.15, 0.2) is 0 Å². The van der Waals surface area contributed by atoms with Gasteiger partial charge in [-0.25, -0.2) is 8.42 Å². The maximum absolute atomic E-state index is 11.6. The summed E-state index contributed by atoms with van der Waals surface area (Å²) in [6.07, 6.45) is 0.985. The van der Waals surface area contributed by atoms with E-state index in [4.69, 9.17) is 0 Å². The van der Waals surface area contributed by atoms with Gasteiger partial charge >= 0.3 is 0 Å². The molecule has 0 bridgehead atoms. The summed E-state index contributed by atoms with van der Waals surface area (Å²) < 4.78 is 24.7. The average molecular weight is 207 g/mol. The SMILES string of the molecule is CC(C)S(=O)(=O)N1CCC[C@H](O)C1. The zero-order valence-corrected chi connectivity index (χ0v) is 8.92. The highest BCUT2D eigenvalue weighted by atomic mass is 32.2. The lowest BCUT2D eigenvalue weighted by atomic mass is 10.1. The van der Waals surface area contributed by atoms with Crippen LogP contribution in [0.4, 0.5) is 0 Å². The highest BCUT2D eigenvalue weighted by molar-refractivity contribution is 7.89. The van der Waals surface area contributed by atoms with Crippen molar-refractivity contribution in [1.29, 1.82) is 0 Å². The number of aliphatic hydroxyl groups excluding tert-OH is 1. The van der Waals surface area contributed by atoms with E-state index in [1.807, 2.05) is 0 Å². The molecule has 0 aromatic rings. The van der Waals surface area contributed by atoms with Crippen LogP contribution in [0.2, 0.25) is 0 Å². The van der Waals surface area contributed by atoms with Gasteiger partial charge < -0.3 is 5.11 Å². The monoisotopic (exact) mass is 207 g/mol. The summed E-state index contributed by atoms with van der Waals surface area (Å²) in [5, 5.41) is 8.93. The molecule has 0 spiro atoms. The van der Waals surface area contributed by atoms with Crippen LogP contribution in [0, 0.1) is 0 Å². The summed E-state index contributed by atoms with van der Waals surface area (Å²) in [6, 6.07) is 0. The normalized spacial score (nSPS) is 26.6. The molecule has 1 rings (SSSR count). The van der Waals surface area contributed by atoms with E-state index in [0.717, 1.165) is 6.42 Å². The molecule has 78 valence electrons. The predicted octanol–water partition coefficient (Wildman–Crippen LogP) is 0.181. The first-order valence-corrected chi connectivity index (χ1v) is 6.12. The molecule has 13 heavy (non-hydrogen) atoms. The van der Waals surface area contributed by atoms with E-state index < -0.39 is 21.4 Å². The number of rotatable bonds is 2. The highest BCUT2D eigenvalue weighted by Crippen LogP contribution is 2.16. The molecule has 0 aromatic carbocycles. The quantitative estimate of drug-likeness (QED) is 0.703. The maximum atomic E-state index is 11.6. The second-order valence-electron chi connectivity index (χ2n) is 3.75. The van der Waals surface area contributed by atoms with E-state index in [0.29, 0.717) is 13.0 Å². The van der Waals surface area contributed by atoms with Gasteiger partial charge in [0.1, 0.15) is 0 Å². The Morgan fingerprint density at radius 1 is 1.46 bits per heavy atom. The fourth-order valence-corrected chi connectivity index (χ4v) is 2.81. The molecular weight excluding hydrogens is 190 g/mol. The van der Waals surface area contributed by atoms with Crippen molar-refractivity contribution in [3.8, 4) is 0 Å².